The van der Waals surface area contributed by atoms with Gasteiger partial charge in [-0.3, -0.25) is 14.2 Å². The number of carboxylic acids is 1. The smallest absolute Gasteiger partial charge is 0.329 e. The van der Waals surface area contributed by atoms with E-state index in [4.69, 9.17) is 0 Å². The second-order valence-electron chi connectivity index (χ2n) is 7.43. The Labute approximate surface area is 161 Å². The number of H-pyrrole nitrogens is 1. The van der Waals surface area contributed by atoms with Crippen LogP contribution < -0.4 is 16.6 Å². The molecule has 3 N–H and O–H groups in total. The van der Waals surface area contributed by atoms with E-state index >= 15 is 0 Å². The van der Waals surface area contributed by atoms with Crippen molar-refractivity contribution in [3.63, 3.8) is 0 Å². The van der Waals surface area contributed by atoms with Gasteiger partial charge in [0.25, 0.3) is 11.5 Å². The van der Waals surface area contributed by atoms with Gasteiger partial charge in [-0.1, -0.05) is 13.3 Å². The fourth-order valence-corrected chi connectivity index (χ4v) is 3.94. The second-order valence-corrected chi connectivity index (χ2v) is 7.43. The van der Waals surface area contributed by atoms with Crippen molar-refractivity contribution in [2.24, 2.45) is 5.92 Å². The number of aromatic amines is 1. The number of aromatic nitrogens is 2. The Morgan fingerprint density at radius 2 is 1.93 bits per heavy atom. The number of benzene rings is 1. The van der Waals surface area contributed by atoms with Crippen molar-refractivity contribution < 1.29 is 14.7 Å². The summed E-state index contributed by atoms with van der Waals surface area (Å²) in [4.78, 5) is 51.6. The minimum Gasteiger partial charge on any atom is -0.480 e. The Balaban J connectivity index is 1.91. The average Bonchev–Trinajstić information content (AvgIpc) is 2.68. The number of nitrogens with zero attached hydrogens (tertiary/aromatic N) is 1. The summed E-state index contributed by atoms with van der Waals surface area (Å²) in [5.41, 5.74) is -1.79. The van der Waals surface area contributed by atoms with Crippen molar-refractivity contribution in [2.75, 3.05) is 0 Å². The third-order valence-electron chi connectivity index (χ3n) is 5.86. The Hall–Kier alpha value is -2.90. The molecule has 0 spiro atoms. The van der Waals surface area contributed by atoms with Crippen molar-refractivity contribution in [3.05, 3.63) is 44.6 Å². The number of carboxylic acid groups (broad SMARTS) is 1. The summed E-state index contributed by atoms with van der Waals surface area (Å²) < 4.78 is 1.08. The molecule has 2 aromatic rings. The van der Waals surface area contributed by atoms with Crippen LogP contribution >= 0.6 is 0 Å². The fourth-order valence-electron chi connectivity index (χ4n) is 3.94. The van der Waals surface area contributed by atoms with Gasteiger partial charge in [0.05, 0.1) is 10.9 Å². The second kappa shape index (κ2) is 7.61. The zero-order chi connectivity index (χ0) is 20.5. The van der Waals surface area contributed by atoms with Gasteiger partial charge in [-0.15, -0.1) is 0 Å². The van der Waals surface area contributed by atoms with Crippen molar-refractivity contribution >= 4 is 22.8 Å². The molecule has 1 aromatic carbocycles. The molecule has 1 aliphatic carbocycles. The van der Waals surface area contributed by atoms with Crippen molar-refractivity contribution in [1.82, 2.24) is 14.9 Å². The average molecular weight is 387 g/mol. The Kier molecular flexibility index (Phi) is 5.40. The zero-order valence-corrected chi connectivity index (χ0v) is 16.1. The van der Waals surface area contributed by atoms with Crippen LogP contribution in [0.3, 0.4) is 0 Å². The lowest BCUT2D eigenvalue weighted by Crippen LogP contribution is -2.56. The van der Waals surface area contributed by atoms with E-state index in [2.05, 4.69) is 17.2 Å². The van der Waals surface area contributed by atoms with Gasteiger partial charge >= 0.3 is 11.7 Å². The van der Waals surface area contributed by atoms with Crippen LogP contribution in [0.25, 0.3) is 10.9 Å². The van der Waals surface area contributed by atoms with Gasteiger partial charge < -0.3 is 15.4 Å². The van der Waals surface area contributed by atoms with Gasteiger partial charge in [0, 0.05) is 12.1 Å². The largest absolute Gasteiger partial charge is 0.480 e. The predicted molar refractivity (Wildman–Crippen MR) is 105 cm³/mol. The Morgan fingerprint density at radius 1 is 1.25 bits per heavy atom. The summed E-state index contributed by atoms with van der Waals surface area (Å²) >= 11 is 0. The number of carbonyl (C=O) groups is 2. The molecular weight excluding hydrogens is 362 g/mol. The zero-order valence-electron chi connectivity index (χ0n) is 16.1. The molecule has 0 aliphatic heterocycles. The van der Waals surface area contributed by atoms with E-state index < -0.39 is 28.7 Å². The Bertz CT molecular complexity index is 1030. The van der Waals surface area contributed by atoms with Gasteiger partial charge in [-0.2, -0.15) is 0 Å². The van der Waals surface area contributed by atoms with Crippen LogP contribution in [0, 0.1) is 5.92 Å². The van der Waals surface area contributed by atoms with E-state index in [-0.39, 0.29) is 17.6 Å². The molecule has 0 bridgehead atoms. The number of hydrogen-bond acceptors (Lipinski definition) is 4. The molecule has 8 heteroatoms. The van der Waals surface area contributed by atoms with Crippen LogP contribution in [0.15, 0.2) is 27.8 Å². The van der Waals surface area contributed by atoms with E-state index in [0.717, 1.165) is 23.8 Å². The van der Waals surface area contributed by atoms with Gasteiger partial charge in [-0.25, -0.2) is 9.59 Å². The molecule has 1 saturated carbocycles. The normalized spacial score (nSPS) is 22.1. The SMILES string of the molecule is CCC1CCC(NC(=O)c2ccc3c(=O)n(CC)c(=O)[nH]c3c2)(C(=O)O)CC1. The molecule has 0 radical (unpaired) electrons. The summed E-state index contributed by atoms with van der Waals surface area (Å²) in [6, 6.07) is 4.38. The van der Waals surface area contributed by atoms with E-state index in [0.29, 0.717) is 24.1 Å². The number of hydrogen-bond donors (Lipinski definition) is 3. The maximum Gasteiger partial charge on any atom is 0.329 e. The van der Waals surface area contributed by atoms with E-state index in [9.17, 15) is 24.3 Å². The molecule has 1 fully saturated rings. The van der Waals surface area contributed by atoms with Crippen LogP contribution in [-0.2, 0) is 11.3 Å². The first-order valence-corrected chi connectivity index (χ1v) is 9.64. The maximum atomic E-state index is 12.8. The topological polar surface area (TPSA) is 121 Å². The molecule has 0 atom stereocenters. The number of amides is 1. The predicted octanol–water partition coefficient (Wildman–Crippen LogP) is 1.86. The monoisotopic (exact) mass is 387 g/mol. The quantitative estimate of drug-likeness (QED) is 0.723. The summed E-state index contributed by atoms with van der Waals surface area (Å²) in [5.74, 6) is -1.08. The number of nitrogens with one attached hydrogen (secondary N) is 2. The molecular formula is C20H25N3O5. The van der Waals surface area contributed by atoms with Crippen LogP contribution in [0.4, 0.5) is 0 Å². The first kappa shape index (κ1) is 19.9. The van der Waals surface area contributed by atoms with Gasteiger partial charge in [0.1, 0.15) is 5.54 Å². The highest BCUT2D eigenvalue weighted by molar-refractivity contribution is 6.00. The van der Waals surface area contributed by atoms with E-state index in [1.165, 1.54) is 18.2 Å². The van der Waals surface area contributed by atoms with E-state index in [1.54, 1.807) is 6.92 Å². The molecule has 8 nitrogen and oxygen atoms in total. The van der Waals surface area contributed by atoms with E-state index in [1.807, 2.05) is 0 Å². The highest BCUT2D eigenvalue weighted by Gasteiger charge is 2.43. The lowest BCUT2D eigenvalue weighted by Gasteiger charge is -2.37. The minimum atomic E-state index is -1.28. The molecule has 1 heterocycles. The van der Waals surface area contributed by atoms with Crippen molar-refractivity contribution in [1.29, 1.82) is 0 Å². The fraction of sp³-hybridized carbons (Fsp3) is 0.500. The van der Waals surface area contributed by atoms with Crippen LogP contribution in [0.2, 0.25) is 0 Å². The van der Waals surface area contributed by atoms with Crippen molar-refractivity contribution in [2.45, 2.75) is 58.0 Å². The Morgan fingerprint density at radius 3 is 2.50 bits per heavy atom. The number of aliphatic carboxylic acids is 1. The maximum absolute atomic E-state index is 12.8. The lowest BCUT2D eigenvalue weighted by molar-refractivity contribution is -0.146. The molecule has 0 unspecified atom stereocenters. The highest BCUT2D eigenvalue weighted by atomic mass is 16.4. The number of carbonyl (C=O) groups excluding carboxylic acids is 1. The third-order valence-corrected chi connectivity index (χ3v) is 5.86. The van der Waals surface area contributed by atoms with Gasteiger partial charge in [0.2, 0.25) is 0 Å². The molecule has 3 rings (SSSR count). The molecule has 1 aliphatic rings. The first-order chi connectivity index (χ1) is 13.3. The molecule has 28 heavy (non-hydrogen) atoms. The van der Waals surface area contributed by atoms with Gasteiger partial charge in [0.15, 0.2) is 0 Å². The molecule has 1 amide bonds. The van der Waals surface area contributed by atoms with Gasteiger partial charge in [-0.05, 0) is 56.7 Å². The summed E-state index contributed by atoms with van der Waals surface area (Å²) in [7, 11) is 0. The number of fused-ring (bicyclic) bond motifs is 1. The van der Waals surface area contributed by atoms with Crippen LogP contribution in [0.5, 0.6) is 0 Å². The molecule has 0 saturated heterocycles. The molecule has 150 valence electrons. The highest BCUT2D eigenvalue weighted by Crippen LogP contribution is 2.34. The lowest BCUT2D eigenvalue weighted by atomic mass is 9.75. The number of rotatable bonds is 5. The first-order valence-electron chi connectivity index (χ1n) is 9.64. The van der Waals surface area contributed by atoms with Crippen molar-refractivity contribution in [3.8, 4) is 0 Å². The van der Waals surface area contributed by atoms with Crippen LogP contribution in [0.1, 0.15) is 56.3 Å². The minimum absolute atomic E-state index is 0.204. The standard InChI is InChI=1S/C20H25N3O5/c1-3-12-7-9-20(10-8-12,18(26)27)22-16(24)13-5-6-14-15(11-13)21-19(28)23(4-2)17(14)25/h5-6,11-12H,3-4,7-10H2,1-2H3,(H,21,28)(H,22,24)(H,26,27). The third kappa shape index (κ3) is 3.46. The summed E-state index contributed by atoms with van der Waals surface area (Å²) in [6.07, 6.45) is 3.28. The van der Waals surface area contributed by atoms with Crippen LogP contribution in [-0.4, -0.2) is 32.1 Å². The summed E-state index contributed by atoms with van der Waals surface area (Å²) in [6.45, 7) is 4.02. The summed E-state index contributed by atoms with van der Waals surface area (Å²) in [5, 5.41) is 12.7. The molecule has 1 aromatic heterocycles.